The first-order valence-corrected chi connectivity index (χ1v) is 13.0. The summed E-state index contributed by atoms with van der Waals surface area (Å²) in [5, 5.41) is 2.92. The van der Waals surface area contributed by atoms with Crippen molar-refractivity contribution in [2.24, 2.45) is 0 Å². The highest BCUT2D eigenvalue weighted by Gasteiger charge is 2.54. The van der Waals surface area contributed by atoms with Gasteiger partial charge in [0.05, 0.1) is 19.8 Å². The van der Waals surface area contributed by atoms with Crippen molar-refractivity contribution in [1.82, 2.24) is 15.1 Å². The zero-order chi connectivity index (χ0) is 26.7. The second-order valence-corrected chi connectivity index (χ2v) is 9.86. The quantitative estimate of drug-likeness (QED) is 0.623. The molecular weight excluding hydrogens is 493 g/mol. The molecule has 38 heavy (non-hydrogen) atoms. The molecule has 3 heterocycles. The molecule has 0 aliphatic carbocycles. The van der Waals surface area contributed by atoms with Crippen LogP contribution in [0.3, 0.4) is 0 Å². The summed E-state index contributed by atoms with van der Waals surface area (Å²) < 4.78 is 30.6. The van der Waals surface area contributed by atoms with Crippen molar-refractivity contribution in [2.75, 3.05) is 40.0 Å². The lowest BCUT2D eigenvalue weighted by atomic mass is 9.96. The Balaban J connectivity index is 1.33. The fourth-order valence-electron chi connectivity index (χ4n) is 5.41. The Kier molecular flexibility index (Phi) is 7.62. The highest BCUT2D eigenvalue weighted by molar-refractivity contribution is 5.98. The number of halogens is 1. The van der Waals surface area contributed by atoms with Gasteiger partial charge in [-0.3, -0.25) is 19.3 Å². The predicted molar refractivity (Wildman–Crippen MR) is 135 cm³/mol. The summed E-state index contributed by atoms with van der Waals surface area (Å²) in [6.45, 7) is 1.78. The number of nitrogens with zero attached hydrogens (tertiary/aromatic N) is 2. The molecule has 0 aromatic heterocycles. The summed E-state index contributed by atoms with van der Waals surface area (Å²) in [5.74, 6) is -0.635. The van der Waals surface area contributed by atoms with Gasteiger partial charge in [0, 0.05) is 50.2 Å². The van der Waals surface area contributed by atoms with Gasteiger partial charge in [-0.2, -0.15) is 0 Å². The van der Waals surface area contributed by atoms with E-state index in [1.165, 1.54) is 29.2 Å². The van der Waals surface area contributed by atoms with E-state index in [0.29, 0.717) is 50.4 Å². The molecule has 0 bridgehead atoms. The van der Waals surface area contributed by atoms with Gasteiger partial charge in [-0.25, -0.2) is 4.39 Å². The monoisotopic (exact) mass is 525 g/mol. The number of carbonyl (C=O) groups is 3. The van der Waals surface area contributed by atoms with E-state index >= 15 is 0 Å². The van der Waals surface area contributed by atoms with Gasteiger partial charge in [-0.15, -0.1) is 0 Å². The van der Waals surface area contributed by atoms with E-state index in [-0.39, 0.29) is 30.1 Å². The molecule has 3 aliphatic heterocycles. The van der Waals surface area contributed by atoms with E-state index in [1.54, 1.807) is 36.3 Å². The van der Waals surface area contributed by atoms with Crippen molar-refractivity contribution in [2.45, 2.75) is 43.6 Å². The van der Waals surface area contributed by atoms with Crippen molar-refractivity contribution < 1.29 is 33.0 Å². The number of amides is 3. The Morgan fingerprint density at radius 1 is 1.03 bits per heavy atom. The van der Waals surface area contributed by atoms with Crippen molar-refractivity contribution in [1.29, 1.82) is 0 Å². The summed E-state index contributed by atoms with van der Waals surface area (Å²) in [4.78, 5) is 43.3. The number of hydrogen-bond acceptors (Lipinski definition) is 6. The van der Waals surface area contributed by atoms with Crippen molar-refractivity contribution >= 4 is 17.7 Å². The number of nitrogens with one attached hydrogen (secondary N) is 1. The molecule has 1 spiro atoms. The Labute approximate surface area is 220 Å². The number of methoxy groups -OCH3 is 1. The molecule has 0 saturated carbocycles. The summed E-state index contributed by atoms with van der Waals surface area (Å²) >= 11 is 0. The molecule has 2 atom stereocenters. The molecule has 2 aromatic carbocycles. The van der Waals surface area contributed by atoms with Crippen molar-refractivity contribution in [3.05, 3.63) is 65.5 Å². The molecule has 9 nitrogen and oxygen atoms in total. The normalized spacial score (nSPS) is 22.5. The lowest BCUT2D eigenvalue weighted by Gasteiger charge is -2.44. The number of piperidine rings is 1. The third kappa shape index (κ3) is 5.23. The largest absolute Gasteiger partial charge is 0.497 e. The minimum atomic E-state index is -1.05. The van der Waals surface area contributed by atoms with Crippen LogP contribution in [0.15, 0.2) is 48.5 Å². The Hall–Kier alpha value is -3.50. The first kappa shape index (κ1) is 26.1. The number of rotatable bonds is 6. The number of ether oxygens (including phenoxy) is 3. The SMILES string of the molecule is COc1ccc(C(=O)N2CCC3(CC2)OC[C@H](C(=O)NC[C@@H]2CCCO2)N3C(=O)c2ccc(F)cc2)cc1. The molecule has 2 aromatic rings. The van der Waals surface area contributed by atoms with Gasteiger partial charge >= 0.3 is 0 Å². The minimum Gasteiger partial charge on any atom is -0.497 e. The molecule has 202 valence electrons. The van der Waals surface area contributed by atoms with E-state index in [9.17, 15) is 18.8 Å². The maximum atomic E-state index is 13.7. The molecule has 1 N–H and O–H groups in total. The maximum Gasteiger partial charge on any atom is 0.256 e. The molecule has 0 radical (unpaired) electrons. The zero-order valence-corrected chi connectivity index (χ0v) is 21.4. The van der Waals surface area contributed by atoms with E-state index in [1.807, 2.05) is 0 Å². The van der Waals surface area contributed by atoms with E-state index in [0.717, 1.165) is 12.8 Å². The molecule has 5 rings (SSSR count). The van der Waals surface area contributed by atoms with Crippen molar-refractivity contribution in [3.63, 3.8) is 0 Å². The standard InChI is InChI=1S/C28H32FN3O6/c1-36-22-10-6-19(7-11-22)26(34)31-14-12-28(13-15-31)32(27(35)20-4-8-21(29)9-5-20)24(18-38-28)25(33)30-17-23-3-2-16-37-23/h4-11,23-24H,2-3,12-18H2,1H3,(H,30,33)/t23-,24+/m0/s1. The molecule has 3 saturated heterocycles. The lowest BCUT2D eigenvalue weighted by molar-refractivity contribution is -0.128. The summed E-state index contributed by atoms with van der Waals surface area (Å²) in [5.41, 5.74) is -0.238. The topological polar surface area (TPSA) is 97.4 Å². The smallest absolute Gasteiger partial charge is 0.256 e. The van der Waals surface area contributed by atoms with Crippen LogP contribution in [0.4, 0.5) is 4.39 Å². The Morgan fingerprint density at radius 3 is 2.32 bits per heavy atom. The first-order chi connectivity index (χ1) is 18.4. The molecule has 3 amide bonds. The Bertz CT molecular complexity index is 1160. The van der Waals surface area contributed by atoms with E-state index < -0.39 is 23.5 Å². The van der Waals surface area contributed by atoms with Crippen molar-refractivity contribution in [3.8, 4) is 5.75 Å². The van der Waals surface area contributed by atoms with Crippen LogP contribution in [-0.4, -0.2) is 85.3 Å². The first-order valence-electron chi connectivity index (χ1n) is 13.0. The number of benzene rings is 2. The average Bonchev–Trinajstić information content (AvgIpc) is 3.60. The second kappa shape index (κ2) is 11.1. The second-order valence-electron chi connectivity index (χ2n) is 9.86. The fourth-order valence-corrected chi connectivity index (χ4v) is 5.41. The third-order valence-corrected chi connectivity index (χ3v) is 7.57. The lowest BCUT2D eigenvalue weighted by Crippen LogP contribution is -2.60. The van der Waals surface area contributed by atoms with Gasteiger partial charge in [0.25, 0.3) is 11.8 Å². The van der Waals surface area contributed by atoms with Crippen LogP contribution in [0.5, 0.6) is 5.75 Å². The zero-order valence-electron chi connectivity index (χ0n) is 21.4. The van der Waals surface area contributed by atoms with Gasteiger partial charge in [-0.05, 0) is 61.4 Å². The van der Waals surface area contributed by atoms with Crippen LogP contribution in [0.1, 0.15) is 46.4 Å². The Morgan fingerprint density at radius 2 is 1.68 bits per heavy atom. The predicted octanol–water partition coefficient (Wildman–Crippen LogP) is 2.60. The number of carbonyl (C=O) groups excluding carboxylic acids is 3. The summed E-state index contributed by atoms with van der Waals surface area (Å²) in [6, 6.07) is 11.3. The van der Waals surface area contributed by atoms with Gasteiger partial charge in [0.15, 0.2) is 0 Å². The van der Waals surface area contributed by atoms with Gasteiger partial charge < -0.3 is 24.4 Å². The van der Waals surface area contributed by atoms with Gasteiger partial charge in [0.1, 0.15) is 23.3 Å². The van der Waals surface area contributed by atoms with Gasteiger partial charge in [0.2, 0.25) is 5.91 Å². The number of hydrogen-bond donors (Lipinski definition) is 1. The fraction of sp³-hybridized carbons (Fsp3) is 0.464. The summed E-state index contributed by atoms with van der Waals surface area (Å²) in [7, 11) is 1.57. The number of likely N-dealkylation sites (tertiary alicyclic amines) is 1. The minimum absolute atomic E-state index is 0.0383. The molecule has 3 aliphatic rings. The maximum absolute atomic E-state index is 13.7. The molecule has 10 heteroatoms. The van der Waals surface area contributed by atoms with Crippen LogP contribution in [0.2, 0.25) is 0 Å². The van der Waals surface area contributed by atoms with Crippen LogP contribution in [0.25, 0.3) is 0 Å². The van der Waals surface area contributed by atoms with E-state index in [4.69, 9.17) is 14.2 Å². The average molecular weight is 526 g/mol. The van der Waals surface area contributed by atoms with Gasteiger partial charge in [-0.1, -0.05) is 0 Å². The van der Waals surface area contributed by atoms with Crippen LogP contribution >= 0.6 is 0 Å². The molecule has 3 fully saturated rings. The highest BCUT2D eigenvalue weighted by atomic mass is 19.1. The van der Waals surface area contributed by atoms with Crippen LogP contribution in [0, 0.1) is 5.82 Å². The van der Waals surface area contributed by atoms with Crippen LogP contribution < -0.4 is 10.1 Å². The molecule has 0 unspecified atom stereocenters. The molecular formula is C28H32FN3O6. The third-order valence-electron chi connectivity index (χ3n) is 7.57. The van der Waals surface area contributed by atoms with E-state index in [2.05, 4.69) is 5.32 Å². The summed E-state index contributed by atoms with van der Waals surface area (Å²) in [6.07, 6.45) is 2.48. The van der Waals surface area contributed by atoms with Crippen LogP contribution in [-0.2, 0) is 14.3 Å². The highest BCUT2D eigenvalue weighted by Crippen LogP contribution is 2.39.